The highest BCUT2D eigenvalue weighted by atomic mass is 16.5. The number of rotatable bonds is 4. The zero-order chi connectivity index (χ0) is 13.7. The molecule has 1 aromatic rings. The summed E-state index contributed by atoms with van der Waals surface area (Å²) in [5, 5.41) is 5.95. The molecule has 1 aliphatic rings. The molecule has 0 aromatic heterocycles. The van der Waals surface area contributed by atoms with Gasteiger partial charge in [-0.05, 0) is 19.2 Å². The van der Waals surface area contributed by atoms with Crippen molar-refractivity contribution < 1.29 is 9.53 Å². The third-order valence-electron chi connectivity index (χ3n) is 3.27. The number of para-hydroxylation sites is 1. The summed E-state index contributed by atoms with van der Waals surface area (Å²) in [5.74, 6) is -0.0678. The van der Waals surface area contributed by atoms with Crippen LogP contribution in [-0.2, 0) is 4.74 Å². The van der Waals surface area contributed by atoms with Crippen molar-refractivity contribution in [1.29, 1.82) is 0 Å². The maximum atomic E-state index is 12.1. The average Bonchev–Trinajstić information content (AvgIpc) is 2.45. The zero-order valence-electron chi connectivity index (χ0n) is 11.5. The second kappa shape index (κ2) is 6.54. The van der Waals surface area contributed by atoms with Crippen LogP contribution in [0.25, 0.3) is 0 Å². The maximum absolute atomic E-state index is 12.1. The largest absolute Gasteiger partial charge is 0.387 e. The van der Waals surface area contributed by atoms with Crippen molar-refractivity contribution in [1.82, 2.24) is 10.2 Å². The molecule has 2 rings (SSSR count). The number of ether oxygens (including phenoxy) is 1. The lowest BCUT2D eigenvalue weighted by Crippen LogP contribution is -2.46. The van der Waals surface area contributed by atoms with Crippen molar-refractivity contribution >= 4 is 11.6 Å². The quantitative estimate of drug-likeness (QED) is 0.843. The molecular weight excluding hydrogens is 242 g/mol. The first-order chi connectivity index (χ1) is 9.20. The van der Waals surface area contributed by atoms with Crippen LogP contribution in [0.4, 0.5) is 5.69 Å². The van der Waals surface area contributed by atoms with Crippen LogP contribution in [0.15, 0.2) is 24.3 Å². The van der Waals surface area contributed by atoms with E-state index >= 15 is 0 Å². The van der Waals surface area contributed by atoms with E-state index in [-0.39, 0.29) is 12.0 Å². The summed E-state index contributed by atoms with van der Waals surface area (Å²) in [7, 11) is 3.87. The standard InChI is InChI=1S/C14H21N3O2/c1-15-13-6-4-3-5-12(13)14(18)16-9-11-10-17(2)7-8-19-11/h3-6,11,15H,7-10H2,1-2H3,(H,16,18). The van der Waals surface area contributed by atoms with E-state index in [0.717, 1.165) is 25.4 Å². The van der Waals surface area contributed by atoms with Gasteiger partial charge in [0.05, 0.1) is 18.3 Å². The van der Waals surface area contributed by atoms with E-state index < -0.39 is 0 Å². The molecule has 19 heavy (non-hydrogen) atoms. The van der Waals surface area contributed by atoms with Crippen molar-refractivity contribution in [2.75, 3.05) is 45.7 Å². The fraction of sp³-hybridized carbons (Fsp3) is 0.500. The molecule has 0 aliphatic carbocycles. The number of nitrogens with zero attached hydrogens (tertiary/aromatic N) is 1. The highest BCUT2D eigenvalue weighted by Gasteiger charge is 2.19. The number of hydrogen-bond donors (Lipinski definition) is 2. The molecule has 0 saturated carbocycles. The third-order valence-corrected chi connectivity index (χ3v) is 3.27. The van der Waals surface area contributed by atoms with E-state index in [4.69, 9.17) is 4.74 Å². The van der Waals surface area contributed by atoms with Gasteiger partial charge < -0.3 is 20.3 Å². The molecule has 1 aliphatic heterocycles. The van der Waals surface area contributed by atoms with Gasteiger partial charge in [-0.1, -0.05) is 12.1 Å². The summed E-state index contributed by atoms with van der Waals surface area (Å²) in [5.41, 5.74) is 1.50. The van der Waals surface area contributed by atoms with E-state index in [2.05, 4.69) is 22.6 Å². The Labute approximate surface area is 113 Å². The molecule has 1 amide bonds. The van der Waals surface area contributed by atoms with E-state index in [0.29, 0.717) is 12.1 Å². The van der Waals surface area contributed by atoms with Crippen molar-refractivity contribution in [3.05, 3.63) is 29.8 Å². The number of nitrogens with one attached hydrogen (secondary N) is 2. The summed E-state index contributed by atoms with van der Waals surface area (Å²) < 4.78 is 5.62. The van der Waals surface area contributed by atoms with E-state index in [9.17, 15) is 4.79 Å². The molecule has 1 unspecified atom stereocenters. The van der Waals surface area contributed by atoms with Gasteiger partial charge in [-0.3, -0.25) is 4.79 Å². The predicted molar refractivity (Wildman–Crippen MR) is 75.6 cm³/mol. The van der Waals surface area contributed by atoms with Crippen molar-refractivity contribution in [2.24, 2.45) is 0 Å². The Morgan fingerprint density at radius 3 is 3.00 bits per heavy atom. The first kappa shape index (κ1) is 13.8. The van der Waals surface area contributed by atoms with Gasteiger partial charge in [0.25, 0.3) is 5.91 Å². The lowest BCUT2D eigenvalue weighted by Gasteiger charge is -2.30. The Morgan fingerprint density at radius 1 is 1.47 bits per heavy atom. The average molecular weight is 263 g/mol. The fourth-order valence-electron chi connectivity index (χ4n) is 2.19. The SMILES string of the molecule is CNc1ccccc1C(=O)NCC1CN(C)CCO1. The van der Waals surface area contributed by atoms with Gasteiger partial charge in [0.1, 0.15) is 0 Å². The minimum absolute atomic E-state index is 0.0678. The highest BCUT2D eigenvalue weighted by molar-refractivity contribution is 5.99. The van der Waals surface area contributed by atoms with Crippen LogP contribution >= 0.6 is 0 Å². The Morgan fingerprint density at radius 2 is 2.26 bits per heavy atom. The van der Waals surface area contributed by atoms with Gasteiger partial charge in [-0.25, -0.2) is 0 Å². The minimum atomic E-state index is -0.0678. The van der Waals surface area contributed by atoms with Crippen molar-refractivity contribution in [2.45, 2.75) is 6.10 Å². The topological polar surface area (TPSA) is 53.6 Å². The summed E-state index contributed by atoms with van der Waals surface area (Å²) in [4.78, 5) is 14.3. The number of amides is 1. The summed E-state index contributed by atoms with van der Waals surface area (Å²) in [6, 6.07) is 7.47. The Bertz CT molecular complexity index is 436. The monoisotopic (exact) mass is 263 g/mol. The molecule has 1 heterocycles. The maximum Gasteiger partial charge on any atom is 0.253 e. The summed E-state index contributed by atoms with van der Waals surface area (Å²) in [6.45, 7) is 3.08. The van der Waals surface area contributed by atoms with Crippen molar-refractivity contribution in [3.8, 4) is 0 Å². The van der Waals surface area contributed by atoms with Crippen LogP contribution < -0.4 is 10.6 Å². The number of carbonyl (C=O) groups excluding carboxylic acids is 1. The number of benzene rings is 1. The Hall–Kier alpha value is -1.59. The lowest BCUT2D eigenvalue weighted by atomic mass is 10.1. The molecule has 1 saturated heterocycles. The highest BCUT2D eigenvalue weighted by Crippen LogP contribution is 2.13. The van der Waals surface area contributed by atoms with Crippen LogP contribution in [0.5, 0.6) is 0 Å². The van der Waals surface area contributed by atoms with Gasteiger partial charge in [-0.2, -0.15) is 0 Å². The molecule has 5 nitrogen and oxygen atoms in total. The molecule has 2 N–H and O–H groups in total. The molecule has 104 valence electrons. The first-order valence-corrected chi connectivity index (χ1v) is 6.56. The lowest BCUT2D eigenvalue weighted by molar-refractivity contribution is -0.0174. The predicted octanol–water partition coefficient (Wildman–Crippen LogP) is 0.789. The Kier molecular flexibility index (Phi) is 4.76. The molecule has 1 fully saturated rings. The molecule has 1 atom stereocenters. The van der Waals surface area contributed by atoms with Gasteiger partial charge in [0, 0.05) is 32.4 Å². The van der Waals surface area contributed by atoms with Gasteiger partial charge in [0.2, 0.25) is 0 Å². The normalized spacial score (nSPS) is 20.0. The zero-order valence-corrected chi connectivity index (χ0v) is 11.5. The second-order valence-electron chi connectivity index (χ2n) is 4.76. The van der Waals surface area contributed by atoms with Gasteiger partial charge in [-0.15, -0.1) is 0 Å². The van der Waals surface area contributed by atoms with Crippen molar-refractivity contribution in [3.63, 3.8) is 0 Å². The van der Waals surface area contributed by atoms with E-state index in [1.165, 1.54) is 0 Å². The first-order valence-electron chi connectivity index (χ1n) is 6.56. The molecule has 5 heteroatoms. The minimum Gasteiger partial charge on any atom is -0.387 e. The van der Waals surface area contributed by atoms with E-state index in [1.807, 2.05) is 31.3 Å². The number of anilines is 1. The molecule has 0 spiro atoms. The molecular formula is C14H21N3O2. The number of hydrogen-bond acceptors (Lipinski definition) is 4. The number of carbonyl (C=O) groups is 1. The van der Waals surface area contributed by atoms with Crippen LogP contribution in [0, 0.1) is 0 Å². The van der Waals surface area contributed by atoms with Crippen LogP contribution in [0.2, 0.25) is 0 Å². The molecule has 1 aromatic carbocycles. The summed E-state index contributed by atoms with van der Waals surface area (Å²) in [6.07, 6.45) is 0.0736. The second-order valence-corrected chi connectivity index (χ2v) is 4.76. The molecule has 0 radical (unpaired) electrons. The van der Waals surface area contributed by atoms with E-state index in [1.54, 1.807) is 0 Å². The van der Waals surface area contributed by atoms with Gasteiger partial charge >= 0.3 is 0 Å². The fourth-order valence-corrected chi connectivity index (χ4v) is 2.19. The summed E-state index contributed by atoms with van der Waals surface area (Å²) >= 11 is 0. The van der Waals surface area contributed by atoms with Crippen LogP contribution in [0.1, 0.15) is 10.4 Å². The number of morpholine rings is 1. The smallest absolute Gasteiger partial charge is 0.253 e. The van der Waals surface area contributed by atoms with Gasteiger partial charge in [0.15, 0.2) is 0 Å². The van der Waals surface area contributed by atoms with Crippen LogP contribution in [0.3, 0.4) is 0 Å². The molecule has 0 bridgehead atoms. The third kappa shape index (κ3) is 3.68. The van der Waals surface area contributed by atoms with Crippen LogP contribution in [-0.4, -0.2) is 57.2 Å². The number of likely N-dealkylation sites (N-methyl/N-ethyl adjacent to an activating group) is 1. The Balaban J connectivity index is 1.90.